The lowest BCUT2D eigenvalue weighted by Crippen LogP contribution is -2.32. The van der Waals surface area contributed by atoms with Crippen LogP contribution in [0.2, 0.25) is 0 Å². The van der Waals surface area contributed by atoms with Gasteiger partial charge < -0.3 is 20.1 Å². The molecule has 0 spiro atoms. The number of rotatable bonds is 6. The third kappa shape index (κ3) is 4.60. The summed E-state index contributed by atoms with van der Waals surface area (Å²) in [6, 6.07) is 12.1. The second-order valence-electron chi connectivity index (χ2n) is 6.60. The number of hydrogen-bond acceptors (Lipinski definition) is 6. The van der Waals surface area contributed by atoms with Crippen LogP contribution in [-0.2, 0) is 0 Å². The Bertz CT molecular complexity index is 878. The largest absolute Gasteiger partial charge is 0.493 e. The van der Waals surface area contributed by atoms with Gasteiger partial charge in [0.05, 0.1) is 24.7 Å². The number of benzene rings is 2. The molecule has 2 aromatic rings. The Hall–Kier alpha value is -2.84. The second-order valence-corrected chi connectivity index (χ2v) is 6.60. The number of nitrogens with zero attached hydrogens (tertiary/aromatic N) is 2. The molecule has 2 atom stereocenters. The molecule has 0 aromatic heterocycles. The van der Waals surface area contributed by atoms with Crippen molar-refractivity contribution >= 4 is 24.0 Å². The third-order valence-electron chi connectivity index (χ3n) is 4.89. The molecule has 1 saturated heterocycles. The first kappa shape index (κ1) is 22.4. The maximum Gasteiger partial charge on any atom is 0.286 e. The van der Waals surface area contributed by atoms with Gasteiger partial charge in [-0.3, -0.25) is 14.9 Å². The zero-order valence-corrected chi connectivity index (χ0v) is 17.1. The van der Waals surface area contributed by atoms with Crippen LogP contribution in [0.1, 0.15) is 28.8 Å². The first-order chi connectivity index (χ1) is 13.5. The first-order valence-electron chi connectivity index (χ1n) is 9.05. The highest BCUT2D eigenvalue weighted by molar-refractivity contribution is 5.99. The fourth-order valence-electron chi connectivity index (χ4n) is 3.52. The molecule has 8 nitrogen and oxygen atoms in total. The minimum Gasteiger partial charge on any atom is -0.493 e. The summed E-state index contributed by atoms with van der Waals surface area (Å²) in [4.78, 5) is 25.6. The van der Waals surface area contributed by atoms with Crippen molar-refractivity contribution in [3.05, 3.63) is 63.7 Å². The lowest BCUT2D eigenvalue weighted by Gasteiger charge is -2.18. The zero-order valence-electron chi connectivity index (χ0n) is 16.2. The fraction of sp³-hybridized carbons (Fsp3) is 0.350. The number of halogens is 1. The molecule has 1 fully saturated rings. The summed E-state index contributed by atoms with van der Waals surface area (Å²) < 4.78 is 10.7. The molecule has 0 radical (unpaired) electrons. The van der Waals surface area contributed by atoms with E-state index >= 15 is 0 Å². The van der Waals surface area contributed by atoms with Crippen molar-refractivity contribution in [1.29, 1.82) is 0 Å². The van der Waals surface area contributed by atoms with Crippen LogP contribution < -0.4 is 15.2 Å². The summed E-state index contributed by atoms with van der Waals surface area (Å²) >= 11 is 0. The lowest BCUT2D eigenvalue weighted by molar-refractivity contribution is -0.385. The van der Waals surface area contributed by atoms with E-state index in [0.717, 1.165) is 5.56 Å². The molecule has 3 rings (SSSR count). The van der Waals surface area contributed by atoms with E-state index in [1.807, 2.05) is 30.3 Å². The number of nitrogens with two attached hydrogens (primary N) is 1. The molecule has 0 unspecified atom stereocenters. The minimum absolute atomic E-state index is 0. The van der Waals surface area contributed by atoms with Crippen molar-refractivity contribution in [3.8, 4) is 11.5 Å². The number of methoxy groups -OCH3 is 1. The van der Waals surface area contributed by atoms with Gasteiger partial charge >= 0.3 is 0 Å². The van der Waals surface area contributed by atoms with E-state index in [1.165, 1.54) is 19.2 Å². The van der Waals surface area contributed by atoms with Crippen molar-refractivity contribution in [2.45, 2.75) is 18.9 Å². The van der Waals surface area contributed by atoms with E-state index in [-0.39, 0.29) is 41.4 Å². The zero-order chi connectivity index (χ0) is 20.3. The molecular formula is C20H24ClN3O5. The topological polar surface area (TPSA) is 108 Å². The normalized spacial score (nSPS) is 18.1. The molecule has 0 saturated carbocycles. The third-order valence-corrected chi connectivity index (χ3v) is 4.89. The maximum atomic E-state index is 13.1. The second kappa shape index (κ2) is 9.58. The molecule has 29 heavy (non-hydrogen) atoms. The molecule has 1 amide bonds. The van der Waals surface area contributed by atoms with Gasteiger partial charge in [-0.15, -0.1) is 12.4 Å². The average molecular weight is 422 g/mol. The van der Waals surface area contributed by atoms with Crippen LogP contribution in [0.4, 0.5) is 5.69 Å². The molecule has 1 aliphatic heterocycles. The molecule has 1 aliphatic rings. The molecule has 0 aliphatic carbocycles. The van der Waals surface area contributed by atoms with Gasteiger partial charge in [0.1, 0.15) is 5.56 Å². The van der Waals surface area contributed by atoms with E-state index in [9.17, 15) is 14.9 Å². The van der Waals surface area contributed by atoms with Crippen LogP contribution in [0.25, 0.3) is 0 Å². The monoisotopic (exact) mass is 421 g/mol. The molecule has 1 heterocycles. The summed E-state index contributed by atoms with van der Waals surface area (Å²) in [6.45, 7) is 2.85. The van der Waals surface area contributed by atoms with Gasteiger partial charge in [-0.2, -0.15) is 0 Å². The number of ether oxygens (including phenoxy) is 2. The Morgan fingerprint density at radius 1 is 1.24 bits per heavy atom. The van der Waals surface area contributed by atoms with Gasteiger partial charge in [0, 0.05) is 31.1 Å². The van der Waals surface area contributed by atoms with Crippen LogP contribution >= 0.6 is 12.4 Å². The van der Waals surface area contributed by atoms with Gasteiger partial charge in [-0.1, -0.05) is 30.3 Å². The van der Waals surface area contributed by atoms with Crippen molar-refractivity contribution < 1.29 is 19.2 Å². The van der Waals surface area contributed by atoms with E-state index in [0.29, 0.717) is 25.4 Å². The number of amides is 1. The summed E-state index contributed by atoms with van der Waals surface area (Å²) in [5.74, 6) is 0.0467. The van der Waals surface area contributed by atoms with E-state index in [4.69, 9.17) is 15.2 Å². The van der Waals surface area contributed by atoms with Crippen molar-refractivity contribution in [2.75, 3.05) is 26.8 Å². The number of carbonyl (C=O) groups excluding carboxylic acids is 1. The molecule has 156 valence electrons. The summed E-state index contributed by atoms with van der Waals surface area (Å²) in [5, 5.41) is 11.5. The molecular weight excluding hydrogens is 398 g/mol. The van der Waals surface area contributed by atoms with E-state index < -0.39 is 10.8 Å². The van der Waals surface area contributed by atoms with Crippen molar-refractivity contribution in [3.63, 3.8) is 0 Å². The highest BCUT2D eigenvalue weighted by atomic mass is 35.5. The lowest BCUT2D eigenvalue weighted by atomic mass is 9.95. The number of nitro benzene ring substituents is 1. The molecule has 2 N–H and O–H groups in total. The Kier molecular flexibility index (Phi) is 7.41. The molecule has 2 aromatic carbocycles. The van der Waals surface area contributed by atoms with Crippen LogP contribution in [0, 0.1) is 10.1 Å². The maximum absolute atomic E-state index is 13.1. The standard InChI is InChI=1S/C20H23N3O5.ClH/c1-3-28-19-9-14(17(23(25)26)10-18(19)27-2)20(24)22-11-15(16(21)12-22)13-7-5-4-6-8-13;/h4-10,15-16H,3,11-12,21H2,1-2H3;1H/t15-,16+;/m0./s1. The highest BCUT2D eigenvalue weighted by Gasteiger charge is 2.37. The number of likely N-dealkylation sites (tertiary alicyclic amines) is 1. The van der Waals surface area contributed by atoms with Gasteiger partial charge in [0.2, 0.25) is 0 Å². The predicted molar refractivity (Wildman–Crippen MR) is 111 cm³/mol. The van der Waals surface area contributed by atoms with Crippen molar-refractivity contribution in [2.24, 2.45) is 5.73 Å². The van der Waals surface area contributed by atoms with Crippen LogP contribution in [0.15, 0.2) is 42.5 Å². The van der Waals surface area contributed by atoms with Crippen LogP contribution in [0.5, 0.6) is 11.5 Å². The summed E-state index contributed by atoms with van der Waals surface area (Å²) in [5.41, 5.74) is 6.96. The quantitative estimate of drug-likeness (QED) is 0.567. The Balaban J connectivity index is 0.00000300. The highest BCUT2D eigenvalue weighted by Crippen LogP contribution is 2.36. The summed E-state index contributed by atoms with van der Waals surface area (Å²) in [7, 11) is 1.40. The molecule has 0 bridgehead atoms. The van der Waals surface area contributed by atoms with Gasteiger partial charge in [-0.25, -0.2) is 0 Å². The Labute approximate surface area is 175 Å². The summed E-state index contributed by atoms with van der Waals surface area (Å²) in [6.07, 6.45) is 0. The number of hydrogen-bond donors (Lipinski definition) is 1. The predicted octanol–water partition coefficient (Wildman–Crippen LogP) is 2.99. The smallest absolute Gasteiger partial charge is 0.286 e. The Morgan fingerprint density at radius 2 is 1.93 bits per heavy atom. The fourth-order valence-corrected chi connectivity index (χ4v) is 3.52. The number of carbonyl (C=O) groups is 1. The van der Waals surface area contributed by atoms with Crippen LogP contribution in [0.3, 0.4) is 0 Å². The molecule has 9 heteroatoms. The van der Waals surface area contributed by atoms with E-state index in [2.05, 4.69) is 0 Å². The average Bonchev–Trinajstić information content (AvgIpc) is 3.09. The SMILES string of the molecule is CCOc1cc(C(=O)N2C[C@@H](N)[C@H](c3ccccc3)C2)c([N+](=O)[O-])cc1OC.Cl. The van der Waals surface area contributed by atoms with Crippen LogP contribution in [-0.4, -0.2) is 48.6 Å². The Morgan fingerprint density at radius 3 is 2.52 bits per heavy atom. The minimum atomic E-state index is -0.587. The van der Waals surface area contributed by atoms with E-state index in [1.54, 1.807) is 11.8 Å². The first-order valence-corrected chi connectivity index (χ1v) is 9.05. The van der Waals surface area contributed by atoms with Gasteiger partial charge in [-0.05, 0) is 12.5 Å². The number of nitro groups is 1. The van der Waals surface area contributed by atoms with Crippen molar-refractivity contribution in [1.82, 2.24) is 4.90 Å². The van der Waals surface area contributed by atoms with Gasteiger partial charge in [0.15, 0.2) is 11.5 Å². The van der Waals surface area contributed by atoms with Gasteiger partial charge in [0.25, 0.3) is 11.6 Å².